The first-order chi connectivity index (χ1) is 13.3. The van der Waals surface area contributed by atoms with E-state index in [-0.39, 0.29) is 23.7 Å². The Balaban J connectivity index is 1.95. The van der Waals surface area contributed by atoms with Crippen LogP contribution in [0.3, 0.4) is 0 Å². The van der Waals surface area contributed by atoms with Gasteiger partial charge in [-0.15, -0.1) is 0 Å². The zero-order valence-electron chi connectivity index (χ0n) is 16.0. The zero-order chi connectivity index (χ0) is 20.3. The fourth-order valence-electron chi connectivity index (χ4n) is 2.98. The third-order valence-corrected chi connectivity index (χ3v) is 6.26. The summed E-state index contributed by atoms with van der Waals surface area (Å²) in [5.74, 6) is 0.312. The van der Waals surface area contributed by atoms with Gasteiger partial charge in [-0.2, -0.15) is 4.31 Å². The highest BCUT2D eigenvalue weighted by Gasteiger charge is 2.28. The van der Waals surface area contributed by atoms with Crippen molar-refractivity contribution >= 4 is 21.6 Å². The maximum Gasteiger partial charge on any atom is 0.261 e. The van der Waals surface area contributed by atoms with E-state index < -0.39 is 15.9 Å². The molecule has 0 atom stereocenters. The number of aromatic nitrogens is 1. The molecule has 0 bridgehead atoms. The molecule has 1 aromatic heterocycles. The molecule has 0 saturated carbocycles. The summed E-state index contributed by atoms with van der Waals surface area (Å²) >= 11 is 0. The minimum atomic E-state index is -3.71. The minimum Gasteiger partial charge on any atom is -0.492 e. The van der Waals surface area contributed by atoms with Gasteiger partial charge in [0.25, 0.3) is 5.91 Å². The second-order valence-electron chi connectivity index (χ2n) is 6.26. The van der Waals surface area contributed by atoms with E-state index in [1.54, 1.807) is 26.8 Å². The molecule has 0 unspecified atom stereocenters. The van der Waals surface area contributed by atoms with E-state index in [9.17, 15) is 13.2 Å². The third-order valence-electron chi connectivity index (χ3n) is 4.37. The molecular weight excluding hydrogens is 386 g/mol. The standard InChI is InChI=1S/C18H23N3O6S/c1-4-26-16-6-5-14(28(23,24)21-7-9-25-10-8-21)11-15(16)19-18(22)17-12(2)20-27-13(17)3/h5-6,11H,4,7-10H2,1-3H3,(H,19,22). The molecule has 2 aromatic rings. The van der Waals surface area contributed by atoms with Crippen molar-refractivity contribution < 1.29 is 27.2 Å². The predicted molar refractivity (Wildman–Crippen MR) is 101 cm³/mol. The number of amides is 1. The number of carbonyl (C=O) groups excluding carboxylic acids is 1. The largest absolute Gasteiger partial charge is 0.492 e. The first kappa shape index (κ1) is 20.3. The van der Waals surface area contributed by atoms with Crippen molar-refractivity contribution in [3.05, 3.63) is 35.2 Å². The monoisotopic (exact) mass is 409 g/mol. The lowest BCUT2D eigenvalue weighted by Gasteiger charge is -2.26. The number of hydrogen-bond acceptors (Lipinski definition) is 7. The van der Waals surface area contributed by atoms with Crippen LogP contribution in [0.2, 0.25) is 0 Å². The van der Waals surface area contributed by atoms with Crippen molar-refractivity contribution in [3.63, 3.8) is 0 Å². The smallest absolute Gasteiger partial charge is 0.261 e. The SMILES string of the molecule is CCOc1ccc(S(=O)(=O)N2CCOCC2)cc1NC(=O)c1c(C)noc1C. The van der Waals surface area contributed by atoms with Gasteiger partial charge < -0.3 is 19.3 Å². The summed E-state index contributed by atoms with van der Waals surface area (Å²) in [6.45, 7) is 6.75. The molecular formula is C18H23N3O6S. The molecule has 1 saturated heterocycles. The van der Waals surface area contributed by atoms with Crippen LogP contribution in [0.15, 0.2) is 27.6 Å². The lowest BCUT2D eigenvalue weighted by molar-refractivity contribution is 0.0730. The van der Waals surface area contributed by atoms with Crippen LogP contribution in [0.25, 0.3) is 0 Å². The first-order valence-electron chi connectivity index (χ1n) is 8.93. The Bertz CT molecular complexity index is 944. The number of aryl methyl sites for hydroxylation is 2. The van der Waals surface area contributed by atoms with Crippen molar-refractivity contribution in [1.29, 1.82) is 0 Å². The molecule has 10 heteroatoms. The fraction of sp³-hybridized carbons (Fsp3) is 0.444. The molecule has 0 aliphatic carbocycles. The summed E-state index contributed by atoms with van der Waals surface area (Å²) in [6.07, 6.45) is 0. The summed E-state index contributed by atoms with van der Waals surface area (Å²) in [4.78, 5) is 12.8. The molecule has 0 spiro atoms. The van der Waals surface area contributed by atoms with Gasteiger partial charge in [0.05, 0.1) is 36.1 Å². The van der Waals surface area contributed by atoms with Gasteiger partial charge in [-0.25, -0.2) is 8.42 Å². The Morgan fingerprint density at radius 1 is 1.29 bits per heavy atom. The summed E-state index contributed by atoms with van der Waals surface area (Å²) in [5.41, 5.74) is 1.02. The molecule has 9 nitrogen and oxygen atoms in total. The van der Waals surface area contributed by atoms with E-state index in [1.165, 1.54) is 16.4 Å². The van der Waals surface area contributed by atoms with E-state index in [4.69, 9.17) is 14.0 Å². The molecule has 1 amide bonds. The second kappa shape index (κ2) is 8.29. The van der Waals surface area contributed by atoms with E-state index in [0.717, 1.165) is 0 Å². The van der Waals surface area contributed by atoms with Crippen LogP contribution in [-0.2, 0) is 14.8 Å². The number of sulfonamides is 1. The number of nitrogens with zero attached hydrogens (tertiary/aromatic N) is 2. The lowest BCUT2D eigenvalue weighted by atomic mass is 10.2. The van der Waals surface area contributed by atoms with Gasteiger partial charge in [-0.1, -0.05) is 5.16 Å². The van der Waals surface area contributed by atoms with Crippen molar-refractivity contribution in [2.45, 2.75) is 25.7 Å². The average Bonchev–Trinajstić information content (AvgIpc) is 3.02. The van der Waals surface area contributed by atoms with Crippen molar-refractivity contribution in [2.75, 3.05) is 38.2 Å². The highest BCUT2D eigenvalue weighted by molar-refractivity contribution is 7.89. The first-order valence-corrected chi connectivity index (χ1v) is 10.4. The van der Waals surface area contributed by atoms with Crippen molar-refractivity contribution in [2.24, 2.45) is 0 Å². The van der Waals surface area contributed by atoms with Crippen LogP contribution in [0, 0.1) is 13.8 Å². The lowest BCUT2D eigenvalue weighted by Crippen LogP contribution is -2.40. The molecule has 1 N–H and O–H groups in total. The Morgan fingerprint density at radius 2 is 2.00 bits per heavy atom. The molecule has 1 aromatic carbocycles. The molecule has 2 heterocycles. The number of rotatable bonds is 6. The van der Waals surface area contributed by atoms with Crippen LogP contribution >= 0.6 is 0 Å². The zero-order valence-corrected chi connectivity index (χ0v) is 16.8. The molecule has 28 heavy (non-hydrogen) atoms. The molecule has 1 aliphatic heterocycles. The van der Waals surface area contributed by atoms with Crippen LogP contribution in [0.5, 0.6) is 5.75 Å². The minimum absolute atomic E-state index is 0.0758. The molecule has 1 fully saturated rings. The predicted octanol–water partition coefficient (Wildman–Crippen LogP) is 1.96. The van der Waals surface area contributed by atoms with Gasteiger partial charge in [-0.3, -0.25) is 4.79 Å². The van der Waals surface area contributed by atoms with E-state index >= 15 is 0 Å². The van der Waals surface area contributed by atoms with Crippen molar-refractivity contribution in [1.82, 2.24) is 9.46 Å². The summed E-state index contributed by atoms with van der Waals surface area (Å²) in [7, 11) is -3.71. The van der Waals surface area contributed by atoms with Crippen LogP contribution < -0.4 is 10.1 Å². The third kappa shape index (κ3) is 4.03. The Hall–Kier alpha value is -2.43. The van der Waals surface area contributed by atoms with Gasteiger partial charge in [0, 0.05) is 13.1 Å². The number of benzene rings is 1. The van der Waals surface area contributed by atoms with Crippen molar-refractivity contribution in [3.8, 4) is 5.75 Å². The number of nitrogens with one attached hydrogen (secondary N) is 1. The quantitative estimate of drug-likeness (QED) is 0.776. The highest BCUT2D eigenvalue weighted by Crippen LogP contribution is 2.30. The number of anilines is 1. The van der Waals surface area contributed by atoms with E-state index in [1.807, 2.05) is 0 Å². The van der Waals surface area contributed by atoms with Gasteiger partial charge in [-0.05, 0) is 39.0 Å². The maximum atomic E-state index is 12.9. The Morgan fingerprint density at radius 3 is 2.61 bits per heavy atom. The molecule has 0 radical (unpaired) electrons. The normalized spacial score (nSPS) is 15.4. The average molecular weight is 409 g/mol. The van der Waals surface area contributed by atoms with Gasteiger partial charge >= 0.3 is 0 Å². The number of carbonyl (C=O) groups is 1. The number of hydrogen-bond donors (Lipinski definition) is 1. The van der Waals surface area contributed by atoms with E-state index in [0.29, 0.717) is 42.6 Å². The van der Waals surface area contributed by atoms with E-state index in [2.05, 4.69) is 10.5 Å². The van der Waals surface area contributed by atoms with Gasteiger partial charge in [0.2, 0.25) is 10.0 Å². The number of morpholine rings is 1. The van der Waals surface area contributed by atoms with Crippen LogP contribution in [0.4, 0.5) is 5.69 Å². The van der Waals surface area contributed by atoms with Crippen LogP contribution in [-0.4, -0.2) is 56.7 Å². The Labute approximate surface area is 163 Å². The summed E-state index contributed by atoms with van der Waals surface area (Å²) in [5, 5.41) is 6.50. The Kier molecular flexibility index (Phi) is 6.01. The highest BCUT2D eigenvalue weighted by atomic mass is 32.2. The molecule has 152 valence electrons. The summed E-state index contributed by atoms with van der Waals surface area (Å²) < 4.78 is 43.0. The van der Waals surface area contributed by atoms with Crippen LogP contribution in [0.1, 0.15) is 28.7 Å². The van der Waals surface area contributed by atoms with Gasteiger partial charge in [0.1, 0.15) is 17.1 Å². The molecule has 3 rings (SSSR count). The topological polar surface area (TPSA) is 111 Å². The number of ether oxygens (including phenoxy) is 2. The maximum absolute atomic E-state index is 12.9. The fourth-order valence-corrected chi connectivity index (χ4v) is 4.41. The molecule has 1 aliphatic rings. The second-order valence-corrected chi connectivity index (χ2v) is 8.20. The summed E-state index contributed by atoms with van der Waals surface area (Å²) in [6, 6.07) is 4.42. The van der Waals surface area contributed by atoms with Gasteiger partial charge in [0.15, 0.2) is 0 Å².